The van der Waals surface area contributed by atoms with Gasteiger partial charge in [0.05, 0.1) is 6.04 Å². The van der Waals surface area contributed by atoms with Crippen LogP contribution in [0.15, 0.2) is 0 Å². The molecule has 1 aliphatic rings. The SMILES string of the molecule is CC(N)CC1CCCc2nc(Cl)nn21. The molecule has 5 heteroatoms. The van der Waals surface area contributed by atoms with Crippen LogP contribution in [0.5, 0.6) is 0 Å². The molecule has 2 unspecified atom stereocenters. The van der Waals surface area contributed by atoms with Gasteiger partial charge >= 0.3 is 0 Å². The van der Waals surface area contributed by atoms with Gasteiger partial charge in [0.25, 0.3) is 0 Å². The molecule has 2 atom stereocenters. The molecular formula is C9H15ClN4. The molecule has 2 heterocycles. The summed E-state index contributed by atoms with van der Waals surface area (Å²) < 4.78 is 1.95. The Kier molecular flexibility index (Phi) is 2.74. The maximum atomic E-state index is 5.79. The fourth-order valence-electron chi connectivity index (χ4n) is 2.05. The third kappa shape index (κ3) is 1.91. The highest BCUT2D eigenvalue weighted by atomic mass is 35.5. The fraction of sp³-hybridized carbons (Fsp3) is 0.778. The summed E-state index contributed by atoms with van der Waals surface area (Å²) in [6.07, 6.45) is 4.22. The first-order valence-corrected chi connectivity index (χ1v) is 5.41. The van der Waals surface area contributed by atoms with Crippen LogP contribution in [0.4, 0.5) is 0 Å². The Hall–Kier alpha value is -0.610. The van der Waals surface area contributed by atoms with Gasteiger partial charge in [-0.25, -0.2) is 9.67 Å². The van der Waals surface area contributed by atoms with Crippen LogP contribution >= 0.6 is 11.6 Å². The van der Waals surface area contributed by atoms with Crippen LogP contribution in [0.1, 0.15) is 38.1 Å². The minimum absolute atomic E-state index is 0.203. The number of aromatic nitrogens is 3. The third-order valence-electron chi connectivity index (χ3n) is 2.60. The quantitative estimate of drug-likeness (QED) is 0.813. The predicted molar refractivity (Wildman–Crippen MR) is 55.3 cm³/mol. The molecule has 0 saturated carbocycles. The number of nitrogens with zero attached hydrogens (tertiary/aromatic N) is 3. The Balaban J connectivity index is 2.21. The summed E-state index contributed by atoms with van der Waals surface area (Å²) in [4.78, 5) is 4.19. The van der Waals surface area contributed by atoms with Gasteiger partial charge in [-0.2, -0.15) is 0 Å². The highest BCUT2D eigenvalue weighted by Crippen LogP contribution is 2.27. The molecule has 0 spiro atoms. The van der Waals surface area contributed by atoms with Crippen molar-refractivity contribution in [1.29, 1.82) is 0 Å². The number of rotatable bonds is 2. The van der Waals surface area contributed by atoms with E-state index in [1.54, 1.807) is 0 Å². The number of hydrogen-bond donors (Lipinski definition) is 1. The second-order valence-electron chi connectivity index (χ2n) is 4.00. The summed E-state index contributed by atoms with van der Waals surface area (Å²) in [5.41, 5.74) is 5.79. The van der Waals surface area contributed by atoms with Gasteiger partial charge in [0, 0.05) is 12.5 Å². The Bertz CT molecular complexity index is 321. The molecule has 1 aromatic heterocycles. The van der Waals surface area contributed by atoms with Gasteiger partial charge in [-0.15, -0.1) is 5.10 Å². The predicted octanol–water partition coefficient (Wildman–Crippen LogP) is 1.55. The molecule has 0 bridgehead atoms. The van der Waals surface area contributed by atoms with Crippen molar-refractivity contribution in [2.24, 2.45) is 5.73 Å². The zero-order chi connectivity index (χ0) is 10.1. The van der Waals surface area contributed by atoms with Gasteiger partial charge in [0.1, 0.15) is 5.82 Å². The van der Waals surface area contributed by atoms with Crippen molar-refractivity contribution >= 4 is 11.6 Å². The first-order valence-electron chi connectivity index (χ1n) is 5.03. The highest BCUT2D eigenvalue weighted by Gasteiger charge is 2.23. The first-order chi connectivity index (χ1) is 6.66. The van der Waals surface area contributed by atoms with Crippen LogP contribution in [0.3, 0.4) is 0 Å². The Morgan fingerprint density at radius 2 is 2.50 bits per heavy atom. The topological polar surface area (TPSA) is 56.7 Å². The molecule has 2 N–H and O–H groups in total. The van der Waals surface area contributed by atoms with Gasteiger partial charge in [-0.05, 0) is 37.8 Å². The van der Waals surface area contributed by atoms with Crippen LogP contribution in [0.25, 0.3) is 0 Å². The van der Waals surface area contributed by atoms with Gasteiger partial charge in [0.15, 0.2) is 0 Å². The number of nitrogens with two attached hydrogens (primary N) is 1. The first kappa shape index (κ1) is 9.93. The largest absolute Gasteiger partial charge is 0.328 e. The third-order valence-corrected chi connectivity index (χ3v) is 2.76. The average Bonchev–Trinajstić information content (AvgIpc) is 2.45. The minimum atomic E-state index is 0.203. The molecule has 0 amide bonds. The van der Waals surface area contributed by atoms with Crippen molar-refractivity contribution in [3.8, 4) is 0 Å². The van der Waals surface area contributed by atoms with Crippen LogP contribution in [0.2, 0.25) is 5.28 Å². The molecule has 0 saturated heterocycles. The van der Waals surface area contributed by atoms with Gasteiger partial charge in [-0.3, -0.25) is 0 Å². The van der Waals surface area contributed by atoms with Crippen molar-refractivity contribution in [2.75, 3.05) is 0 Å². The number of hydrogen-bond acceptors (Lipinski definition) is 3. The maximum Gasteiger partial charge on any atom is 0.242 e. The molecule has 14 heavy (non-hydrogen) atoms. The number of halogens is 1. The molecule has 1 aromatic rings. The van der Waals surface area contributed by atoms with E-state index in [0.717, 1.165) is 31.5 Å². The van der Waals surface area contributed by atoms with Crippen molar-refractivity contribution in [2.45, 2.75) is 44.7 Å². The van der Waals surface area contributed by atoms with E-state index in [-0.39, 0.29) is 6.04 Å². The molecule has 0 aliphatic carbocycles. The fourth-order valence-corrected chi connectivity index (χ4v) is 2.23. The summed E-state index contributed by atoms with van der Waals surface area (Å²) in [5, 5.41) is 4.56. The van der Waals surface area contributed by atoms with Crippen LogP contribution < -0.4 is 5.73 Å². The lowest BCUT2D eigenvalue weighted by Gasteiger charge is -2.24. The summed E-state index contributed by atoms with van der Waals surface area (Å²) in [6, 6.07) is 0.590. The van der Waals surface area contributed by atoms with E-state index in [0.29, 0.717) is 11.3 Å². The standard InChI is InChI=1S/C9H15ClN4/c1-6(11)5-7-3-2-4-8-12-9(10)13-14(7)8/h6-7H,2-5,11H2,1H3. The van der Waals surface area contributed by atoms with E-state index in [9.17, 15) is 0 Å². The van der Waals surface area contributed by atoms with E-state index in [4.69, 9.17) is 17.3 Å². The summed E-state index contributed by atoms with van der Waals surface area (Å²) in [7, 11) is 0. The highest BCUT2D eigenvalue weighted by molar-refractivity contribution is 6.28. The zero-order valence-electron chi connectivity index (χ0n) is 8.28. The molecule has 4 nitrogen and oxygen atoms in total. The van der Waals surface area contributed by atoms with Crippen LogP contribution in [-0.2, 0) is 6.42 Å². The number of aryl methyl sites for hydroxylation is 1. The molecular weight excluding hydrogens is 200 g/mol. The van der Waals surface area contributed by atoms with Crippen molar-refractivity contribution < 1.29 is 0 Å². The van der Waals surface area contributed by atoms with E-state index >= 15 is 0 Å². The molecule has 0 radical (unpaired) electrons. The lowest BCUT2D eigenvalue weighted by atomic mass is 9.99. The van der Waals surface area contributed by atoms with Gasteiger partial charge in [0.2, 0.25) is 5.28 Å². The lowest BCUT2D eigenvalue weighted by molar-refractivity contribution is 0.327. The summed E-state index contributed by atoms with van der Waals surface area (Å²) in [5.74, 6) is 1.01. The minimum Gasteiger partial charge on any atom is -0.328 e. The van der Waals surface area contributed by atoms with E-state index in [1.807, 2.05) is 11.6 Å². The second-order valence-corrected chi connectivity index (χ2v) is 4.34. The zero-order valence-corrected chi connectivity index (χ0v) is 9.04. The Morgan fingerprint density at radius 1 is 1.71 bits per heavy atom. The smallest absolute Gasteiger partial charge is 0.242 e. The second kappa shape index (κ2) is 3.87. The van der Waals surface area contributed by atoms with Crippen LogP contribution in [0, 0.1) is 0 Å². The summed E-state index contributed by atoms with van der Waals surface area (Å²) >= 11 is 5.78. The Morgan fingerprint density at radius 3 is 3.21 bits per heavy atom. The molecule has 2 rings (SSSR count). The maximum absolute atomic E-state index is 5.79. The van der Waals surface area contributed by atoms with E-state index < -0.39 is 0 Å². The molecule has 0 fully saturated rings. The number of fused-ring (bicyclic) bond motifs is 1. The van der Waals surface area contributed by atoms with E-state index in [2.05, 4.69) is 10.1 Å². The van der Waals surface area contributed by atoms with Crippen molar-refractivity contribution in [3.05, 3.63) is 11.1 Å². The van der Waals surface area contributed by atoms with Crippen molar-refractivity contribution in [1.82, 2.24) is 14.8 Å². The lowest BCUT2D eigenvalue weighted by Crippen LogP contribution is -2.26. The normalized spacial score (nSPS) is 23.2. The molecule has 1 aliphatic heterocycles. The Labute approximate surface area is 88.5 Å². The average molecular weight is 215 g/mol. The van der Waals surface area contributed by atoms with Crippen molar-refractivity contribution in [3.63, 3.8) is 0 Å². The van der Waals surface area contributed by atoms with Crippen LogP contribution in [-0.4, -0.2) is 20.8 Å². The van der Waals surface area contributed by atoms with E-state index in [1.165, 1.54) is 0 Å². The molecule has 0 aromatic carbocycles. The van der Waals surface area contributed by atoms with Gasteiger partial charge in [-0.1, -0.05) is 0 Å². The monoisotopic (exact) mass is 214 g/mol. The molecule has 78 valence electrons. The summed E-state index contributed by atoms with van der Waals surface area (Å²) in [6.45, 7) is 2.02. The van der Waals surface area contributed by atoms with Gasteiger partial charge < -0.3 is 5.73 Å².